The number of amides is 2. The molecule has 0 aliphatic carbocycles. The number of aliphatic hydroxyl groups excluding tert-OH is 1. The molecular formula is C11H20N2O5. The molecule has 3 atom stereocenters. The van der Waals surface area contributed by atoms with Gasteiger partial charge in [0.15, 0.2) is 6.04 Å². The number of carbonyl (C=O) groups is 2. The van der Waals surface area contributed by atoms with Crippen molar-refractivity contribution < 1.29 is 24.5 Å². The molecule has 0 radical (unpaired) electrons. The van der Waals surface area contributed by atoms with Gasteiger partial charge in [-0.25, -0.2) is 9.59 Å². The van der Waals surface area contributed by atoms with Crippen LogP contribution in [-0.2, 0) is 9.53 Å². The number of likely N-dealkylation sites (tertiary alicyclic amines) is 1. The largest absolute Gasteiger partial charge is 0.480 e. The van der Waals surface area contributed by atoms with Crippen molar-refractivity contribution >= 4 is 12.0 Å². The SMILES string of the molecule is COCC(NC(=O)N1CCC(C)C(O)C1)C(=O)O. The third-order valence-electron chi connectivity index (χ3n) is 3.14. The van der Waals surface area contributed by atoms with E-state index < -0.39 is 24.1 Å². The maximum absolute atomic E-state index is 11.8. The number of hydrogen-bond acceptors (Lipinski definition) is 4. The van der Waals surface area contributed by atoms with Gasteiger partial charge in [-0.05, 0) is 12.3 Å². The lowest BCUT2D eigenvalue weighted by atomic mass is 9.96. The van der Waals surface area contributed by atoms with Crippen LogP contribution in [0.15, 0.2) is 0 Å². The molecule has 0 saturated carbocycles. The molecule has 1 fully saturated rings. The molecule has 0 aromatic heterocycles. The summed E-state index contributed by atoms with van der Waals surface area (Å²) in [5.74, 6) is -0.987. The number of nitrogens with one attached hydrogen (secondary N) is 1. The van der Waals surface area contributed by atoms with Crippen LogP contribution in [0.4, 0.5) is 4.79 Å². The number of carboxylic acid groups (broad SMARTS) is 1. The van der Waals surface area contributed by atoms with Crippen molar-refractivity contribution in [2.45, 2.75) is 25.5 Å². The fourth-order valence-corrected chi connectivity index (χ4v) is 1.82. The van der Waals surface area contributed by atoms with E-state index >= 15 is 0 Å². The van der Waals surface area contributed by atoms with Crippen LogP contribution in [0.3, 0.4) is 0 Å². The number of aliphatic carboxylic acids is 1. The van der Waals surface area contributed by atoms with E-state index in [0.717, 1.165) is 0 Å². The number of hydrogen-bond donors (Lipinski definition) is 3. The molecule has 1 saturated heterocycles. The van der Waals surface area contributed by atoms with Gasteiger partial charge in [0.1, 0.15) is 0 Å². The molecule has 1 rings (SSSR count). The summed E-state index contributed by atoms with van der Waals surface area (Å²) < 4.78 is 4.73. The summed E-state index contributed by atoms with van der Waals surface area (Å²) in [6.45, 7) is 2.58. The normalized spacial score (nSPS) is 25.6. The summed E-state index contributed by atoms with van der Waals surface area (Å²) in [5, 5.41) is 20.9. The van der Waals surface area contributed by atoms with Crippen LogP contribution in [0, 0.1) is 5.92 Å². The fraction of sp³-hybridized carbons (Fsp3) is 0.818. The Morgan fingerprint density at radius 3 is 2.72 bits per heavy atom. The molecule has 3 N–H and O–H groups in total. The van der Waals surface area contributed by atoms with E-state index in [1.54, 1.807) is 0 Å². The molecule has 1 aliphatic rings. The molecule has 7 heteroatoms. The molecule has 1 aliphatic heterocycles. The van der Waals surface area contributed by atoms with E-state index in [1.807, 2.05) is 6.92 Å². The number of urea groups is 1. The molecule has 1 heterocycles. The van der Waals surface area contributed by atoms with Crippen molar-refractivity contribution in [2.75, 3.05) is 26.8 Å². The number of nitrogens with zero attached hydrogens (tertiary/aromatic N) is 1. The van der Waals surface area contributed by atoms with Gasteiger partial charge < -0.3 is 25.2 Å². The quantitative estimate of drug-likeness (QED) is 0.633. The van der Waals surface area contributed by atoms with Crippen molar-refractivity contribution in [3.8, 4) is 0 Å². The molecule has 104 valence electrons. The van der Waals surface area contributed by atoms with E-state index in [4.69, 9.17) is 9.84 Å². The van der Waals surface area contributed by atoms with Gasteiger partial charge >= 0.3 is 12.0 Å². The first-order valence-electron chi connectivity index (χ1n) is 5.91. The fourth-order valence-electron chi connectivity index (χ4n) is 1.82. The van der Waals surface area contributed by atoms with E-state index in [-0.39, 0.29) is 19.1 Å². The van der Waals surface area contributed by atoms with Crippen LogP contribution >= 0.6 is 0 Å². The number of methoxy groups -OCH3 is 1. The van der Waals surface area contributed by atoms with Crippen LogP contribution in [0.5, 0.6) is 0 Å². The number of carbonyl (C=O) groups excluding carboxylic acids is 1. The summed E-state index contributed by atoms with van der Waals surface area (Å²) >= 11 is 0. The lowest BCUT2D eigenvalue weighted by Crippen LogP contribution is -2.54. The van der Waals surface area contributed by atoms with Crippen LogP contribution in [0.25, 0.3) is 0 Å². The Balaban J connectivity index is 2.51. The number of β-amino-alcohol motifs (C(OH)–C–C–N with tert-alkyl or cyclic N) is 1. The Morgan fingerprint density at radius 1 is 1.56 bits per heavy atom. The van der Waals surface area contributed by atoms with Gasteiger partial charge in [0.25, 0.3) is 0 Å². The predicted molar refractivity (Wildman–Crippen MR) is 63.2 cm³/mol. The average molecular weight is 260 g/mol. The summed E-state index contributed by atoms with van der Waals surface area (Å²) in [5.41, 5.74) is 0. The monoisotopic (exact) mass is 260 g/mol. The van der Waals surface area contributed by atoms with Crippen LogP contribution in [-0.4, -0.2) is 66.1 Å². The summed E-state index contributed by atoms with van der Waals surface area (Å²) in [6, 6.07) is -1.55. The molecule has 0 spiro atoms. The zero-order valence-electron chi connectivity index (χ0n) is 10.6. The Labute approximate surface area is 106 Å². The average Bonchev–Trinajstić information content (AvgIpc) is 2.31. The Kier molecular flexibility index (Phi) is 5.36. The summed E-state index contributed by atoms with van der Waals surface area (Å²) in [6.07, 6.45) is 0.145. The van der Waals surface area contributed by atoms with Crippen LogP contribution in [0.2, 0.25) is 0 Å². The second-order valence-electron chi connectivity index (χ2n) is 4.57. The molecule has 0 bridgehead atoms. The van der Waals surface area contributed by atoms with Crippen molar-refractivity contribution in [3.63, 3.8) is 0 Å². The van der Waals surface area contributed by atoms with Crippen molar-refractivity contribution in [1.29, 1.82) is 0 Å². The molecule has 18 heavy (non-hydrogen) atoms. The number of ether oxygens (including phenoxy) is 1. The van der Waals surface area contributed by atoms with Gasteiger partial charge in [-0.15, -0.1) is 0 Å². The van der Waals surface area contributed by atoms with Gasteiger partial charge in [-0.3, -0.25) is 0 Å². The second-order valence-corrected chi connectivity index (χ2v) is 4.57. The number of piperidine rings is 1. The second kappa shape index (κ2) is 6.55. The zero-order chi connectivity index (χ0) is 13.7. The van der Waals surface area contributed by atoms with Gasteiger partial charge in [0, 0.05) is 20.2 Å². The highest BCUT2D eigenvalue weighted by Gasteiger charge is 2.29. The Hall–Kier alpha value is -1.34. The third-order valence-corrected chi connectivity index (χ3v) is 3.14. The number of carboxylic acids is 1. The predicted octanol–water partition coefficient (Wildman–Crippen LogP) is -0.502. The first-order chi connectivity index (χ1) is 8.45. The highest BCUT2D eigenvalue weighted by molar-refractivity contribution is 5.82. The van der Waals surface area contributed by atoms with Gasteiger partial charge in [-0.2, -0.15) is 0 Å². The smallest absolute Gasteiger partial charge is 0.328 e. The number of rotatable bonds is 4. The van der Waals surface area contributed by atoms with Crippen LogP contribution in [0.1, 0.15) is 13.3 Å². The molecule has 0 aromatic carbocycles. The first kappa shape index (κ1) is 14.7. The minimum atomic E-state index is -1.14. The molecule has 7 nitrogen and oxygen atoms in total. The standard InChI is InChI=1S/C11H20N2O5/c1-7-3-4-13(5-9(7)14)11(17)12-8(6-18-2)10(15)16/h7-9,14H,3-6H2,1-2H3,(H,12,17)(H,15,16). The minimum absolute atomic E-state index is 0.0894. The maximum Gasteiger partial charge on any atom is 0.328 e. The first-order valence-corrected chi connectivity index (χ1v) is 5.91. The van der Waals surface area contributed by atoms with E-state index in [0.29, 0.717) is 13.0 Å². The Morgan fingerprint density at radius 2 is 2.22 bits per heavy atom. The molecular weight excluding hydrogens is 240 g/mol. The zero-order valence-corrected chi connectivity index (χ0v) is 10.6. The van der Waals surface area contributed by atoms with Crippen molar-refractivity contribution in [2.24, 2.45) is 5.92 Å². The van der Waals surface area contributed by atoms with Gasteiger partial charge in [0.2, 0.25) is 0 Å². The van der Waals surface area contributed by atoms with Crippen molar-refractivity contribution in [1.82, 2.24) is 10.2 Å². The van der Waals surface area contributed by atoms with Crippen molar-refractivity contribution in [3.05, 3.63) is 0 Å². The molecule has 2 amide bonds. The number of aliphatic hydroxyl groups is 1. The van der Waals surface area contributed by atoms with Crippen LogP contribution < -0.4 is 5.32 Å². The topological polar surface area (TPSA) is 99.1 Å². The maximum atomic E-state index is 11.8. The Bertz CT molecular complexity index is 310. The highest BCUT2D eigenvalue weighted by Crippen LogP contribution is 2.16. The molecule has 0 aromatic rings. The van der Waals surface area contributed by atoms with Gasteiger partial charge in [-0.1, -0.05) is 6.92 Å². The minimum Gasteiger partial charge on any atom is -0.480 e. The third kappa shape index (κ3) is 3.85. The lowest BCUT2D eigenvalue weighted by molar-refractivity contribution is -0.140. The summed E-state index contributed by atoms with van der Waals surface area (Å²) in [7, 11) is 1.37. The van der Waals surface area contributed by atoms with E-state index in [1.165, 1.54) is 12.0 Å². The summed E-state index contributed by atoms with van der Waals surface area (Å²) in [4.78, 5) is 24.1. The van der Waals surface area contributed by atoms with E-state index in [9.17, 15) is 14.7 Å². The van der Waals surface area contributed by atoms with E-state index in [2.05, 4.69) is 5.32 Å². The van der Waals surface area contributed by atoms with Gasteiger partial charge in [0.05, 0.1) is 12.7 Å². The molecule has 3 unspecified atom stereocenters. The highest BCUT2D eigenvalue weighted by atomic mass is 16.5. The lowest BCUT2D eigenvalue weighted by Gasteiger charge is -2.34.